The molecule has 1 aliphatic carbocycles. The monoisotopic (exact) mass is 419 g/mol. The van der Waals surface area contributed by atoms with Gasteiger partial charge in [0.15, 0.2) is 0 Å². The van der Waals surface area contributed by atoms with Crippen LogP contribution in [0.3, 0.4) is 0 Å². The lowest BCUT2D eigenvalue weighted by molar-refractivity contribution is -0.120. The van der Waals surface area contributed by atoms with Gasteiger partial charge < -0.3 is 21.1 Å². The molecule has 4 N–H and O–H groups in total. The van der Waals surface area contributed by atoms with Crippen LogP contribution in [0.4, 0.5) is 9.18 Å². The lowest BCUT2D eigenvalue weighted by Gasteiger charge is -2.17. The molecule has 1 aliphatic heterocycles. The second-order valence-electron chi connectivity index (χ2n) is 5.73. The fourth-order valence-corrected chi connectivity index (χ4v) is 2.66. The highest BCUT2D eigenvalue weighted by Crippen LogP contribution is 2.25. The molecule has 30 heavy (non-hydrogen) atoms. The number of hydrogen-bond acceptors (Lipinski definition) is 3. The minimum Gasteiger partial charge on any atom is -0.497 e. The van der Waals surface area contributed by atoms with Gasteiger partial charge in [0.25, 0.3) is 0 Å². The fraction of sp³-hybridized carbons (Fsp3) is 0.391. The molecule has 166 valence electrons. The smallest absolute Gasteiger partial charge is 0.312 e. The summed E-state index contributed by atoms with van der Waals surface area (Å²) in [5.74, 6) is 0.250. The van der Waals surface area contributed by atoms with E-state index in [2.05, 4.69) is 10.6 Å². The molecule has 2 aliphatic rings. The molecule has 3 rings (SSSR count). The van der Waals surface area contributed by atoms with Crippen molar-refractivity contribution in [3.63, 3.8) is 0 Å². The standard InChI is InChI=1S/C12H15N3O3.C7H7F.2C2H6/c1-18-8-4-2-7(3-5-8)9-6-14-11(16)10(9)15-12(13)17;8-7-5-3-1-2-4-6-7;2*1-2/h2-5,9-10H,6H2,1H3,(H,14,16)(H3,13,15,17);1,3-6H,2H2;2*1-2H3. The number of allylic oxidation sites excluding steroid dienone is 6. The van der Waals surface area contributed by atoms with E-state index in [9.17, 15) is 14.0 Å². The van der Waals surface area contributed by atoms with Gasteiger partial charge in [-0.05, 0) is 36.3 Å². The minimum atomic E-state index is -0.699. The number of urea groups is 1. The summed E-state index contributed by atoms with van der Waals surface area (Å²) in [6.07, 6.45) is 9.17. The molecule has 1 saturated heterocycles. The van der Waals surface area contributed by atoms with Gasteiger partial charge in [0, 0.05) is 12.5 Å². The number of halogens is 1. The molecule has 0 spiro atoms. The SMILES string of the molecule is CC.CC.COc1ccc(C2CNC(=O)C2NC(N)=O)cc1.FC1=CC=CCC=C1. The van der Waals surface area contributed by atoms with Crippen molar-refractivity contribution in [1.82, 2.24) is 10.6 Å². The van der Waals surface area contributed by atoms with Crippen molar-refractivity contribution >= 4 is 11.9 Å². The Kier molecular flexibility index (Phi) is 14.2. The third-order valence-electron chi connectivity index (χ3n) is 3.96. The van der Waals surface area contributed by atoms with Crippen LogP contribution in [-0.4, -0.2) is 31.6 Å². The number of benzene rings is 1. The van der Waals surface area contributed by atoms with Crippen LogP contribution in [0, 0.1) is 0 Å². The molecular weight excluding hydrogens is 385 g/mol. The number of methoxy groups -OCH3 is 1. The highest BCUT2D eigenvalue weighted by atomic mass is 19.1. The molecule has 1 aromatic carbocycles. The summed E-state index contributed by atoms with van der Waals surface area (Å²) in [4.78, 5) is 22.5. The first-order chi connectivity index (χ1) is 14.5. The van der Waals surface area contributed by atoms with Gasteiger partial charge in [-0.25, -0.2) is 9.18 Å². The van der Waals surface area contributed by atoms with Gasteiger partial charge in [0.05, 0.1) is 7.11 Å². The zero-order valence-corrected chi connectivity index (χ0v) is 18.4. The number of rotatable bonds is 3. The second kappa shape index (κ2) is 15.8. The molecule has 7 heteroatoms. The van der Waals surface area contributed by atoms with Crippen molar-refractivity contribution < 1.29 is 18.7 Å². The Balaban J connectivity index is 0.000000585. The van der Waals surface area contributed by atoms with Gasteiger partial charge in [-0.2, -0.15) is 0 Å². The topological polar surface area (TPSA) is 93.4 Å². The molecule has 3 amide bonds. The summed E-state index contributed by atoms with van der Waals surface area (Å²) in [7, 11) is 1.59. The van der Waals surface area contributed by atoms with Crippen molar-refractivity contribution in [2.45, 2.75) is 46.1 Å². The first-order valence-electron chi connectivity index (χ1n) is 10.2. The van der Waals surface area contributed by atoms with Gasteiger partial charge in [-0.3, -0.25) is 4.79 Å². The van der Waals surface area contributed by atoms with Gasteiger partial charge in [-0.1, -0.05) is 58.1 Å². The summed E-state index contributed by atoms with van der Waals surface area (Å²) in [5, 5.41) is 5.18. The van der Waals surface area contributed by atoms with E-state index in [0.717, 1.165) is 17.7 Å². The van der Waals surface area contributed by atoms with E-state index in [-0.39, 0.29) is 17.7 Å². The second-order valence-corrected chi connectivity index (χ2v) is 5.73. The minimum absolute atomic E-state index is 0.115. The van der Waals surface area contributed by atoms with Crippen LogP contribution in [-0.2, 0) is 4.79 Å². The summed E-state index contributed by atoms with van der Waals surface area (Å²) in [5.41, 5.74) is 6.02. The van der Waals surface area contributed by atoms with Gasteiger partial charge in [0.2, 0.25) is 5.91 Å². The van der Waals surface area contributed by atoms with Crippen LogP contribution < -0.4 is 21.1 Å². The van der Waals surface area contributed by atoms with Crippen molar-refractivity contribution in [1.29, 1.82) is 0 Å². The highest BCUT2D eigenvalue weighted by Gasteiger charge is 2.36. The van der Waals surface area contributed by atoms with Crippen molar-refractivity contribution in [2.75, 3.05) is 13.7 Å². The molecule has 2 unspecified atom stereocenters. The maximum Gasteiger partial charge on any atom is 0.312 e. The Hall–Kier alpha value is -3.09. The molecule has 1 heterocycles. The van der Waals surface area contributed by atoms with Crippen LogP contribution in [0.15, 0.2) is 60.5 Å². The Morgan fingerprint density at radius 3 is 2.37 bits per heavy atom. The van der Waals surface area contributed by atoms with E-state index in [1.165, 1.54) is 12.2 Å². The number of hydrogen-bond donors (Lipinski definition) is 3. The number of primary amides is 1. The van der Waals surface area contributed by atoms with Gasteiger partial charge in [-0.15, -0.1) is 0 Å². The normalized spacial score (nSPS) is 18.6. The lowest BCUT2D eigenvalue weighted by atomic mass is 9.94. The summed E-state index contributed by atoms with van der Waals surface area (Å²) in [6, 6.07) is 6.07. The number of nitrogens with one attached hydrogen (secondary N) is 2. The Bertz CT molecular complexity index is 728. The number of amides is 3. The summed E-state index contributed by atoms with van der Waals surface area (Å²) < 4.78 is 17.2. The molecule has 0 saturated carbocycles. The maximum atomic E-state index is 12.2. The van der Waals surface area contributed by atoms with E-state index in [0.29, 0.717) is 6.54 Å². The van der Waals surface area contributed by atoms with Crippen LogP contribution >= 0.6 is 0 Å². The first-order valence-corrected chi connectivity index (χ1v) is 10.2. The van der Waals surface area contributed by atoms with Crippen molar-refractivity contribution in [3.8, 4) is 5.75 Å². The van der Waals surface area contributed by atoms with E-state index < -0.39 is 12.1 Å². The number of ether oxygens (including phenoxy) is 1. The Labute approximate surface area is 179 Å². The molecular formula is C23H34FN3O3. The number of carbonyl (C=O) groups excluding carboxylic acids is 2. The maximum absolute atomic E-state index is 12.2. The molecule has 0 aromatic heterocycles. The van der Waals surface area contributed by atoms with E-state index >= 15 is 0 Å². The summed E-state index contributed by atoms with van der Waals surface area (Å²) >= 11 is 0. The molecule has 1 aromatic rings. The number of carbonyl (C=O) groups is 2. The van der Waals surface area contributed by atoms with Gasteiger partial charge >= 0.3 is 6.03 Å². The average Bonchev–Trinajstić information content (AvgIpc) is 2.96. The fourth-order valence-electron chi connectivity index (χ4n) is 2.66. The molecule has 0 bridgehead atoms. The number of nitrogens with two attached hydrogens (primary N) is 1. The van der Waals surface area contributed by atoms with Gasteiger partial charge in [0.1, 0.15) is 17.6 Å². The highest BCUT2D eigenvalue weighted by molar-refractivity contribution is 5.89. The van der Waals surface area contributed by atoms with E-state index in [4.69, 9.17) is 10.5 Å². The predicted octanol–water partition coefficient (Wildman–Crippen LogP) is 4.35. The quantitative estimate of drug-likeness (QED) is 0.680. The summed E-state index contributed by atoms with van der Waals surface area (Å²) in [6.45, 7) is 8.48. The van der Waals surface area contributed by atoms with Crippen LogP contribution in [0.5, 0.6) is 5.75 Å². The molecule has 1 fully saturated rings. The van der Waals surface area contributed by atoms with Crippen molar-refractivity contribution in [3.05, 3.63) is 66.0 Å². The largest absolute Gasteiger partial charge is 0.497 e. The van der Waals surface area contributed by atoms with Crippen molar-refractivity contribution in [2.24, 2.45) is 5.73 Å². The third kappa shape index (κ3) is 9.41. The molecule has 0 radical (unpaired) electrons. The molecule has 6 nitrogen and oxygen atoms in total. The Morgan fingerprint density at radius 1 is 1.17 bits per heavy atom. The van der Waals surface area contributed by atoms with E-state index in [1.54, 1.807) is 19.3 Å². The lowest BCUT2D eigenvalue weighted by Crippen LogP contribution is -2.45. The average molecular weight is 420 g/mol. The first kappa shape index (κ1) is 26.9. The van der Waals surface area contributed by atoms with E-state index in [1.807, 2.05) is 58.0 Å². The Morgan fingerprint density at radius 2 is 1.80 bits per heavy atom. The predicted molar refractivity (Wildman–Crippen MR) is 120 cm³/mol. The zero-order chi connectivity index (χ0) is 22.9. The zero-order valence-electron chi connectivity index (χ0n) is 18.4. The van der Waals surface area contributed by atoms with Crippen LogP contribution in [0.25, 0.3) is 0 Å². The third-order valence-corrected chi connectivity index (χ3v) is 3.96. The molecule has 2 atom stereocenters. The van der Waals surface area contributed by atoms with Crippen LogP contribution in [0.2, 0.25) is 0 Å². The van der Waals surface area contributed by atoms with Crippen LogP contribution in [0.1, 0.15) is 45.6 Å².